The number of ketones is 1. The minimum absolute atomic E-state index is 0.291. The first-order valence-electron chi connectivity index (χ1n) is 6.09. The first-order valence-corrected chi connectivity index (χ1v) is 6.09. The van der Waals surface area contributed by atoms with Crippen molar-refractivity contribution in [2.45, 2.75) is 31.2 Å². The van der Waals surface area contributed by atoms with Crippen molar-refractivity contribution in [2.75, 3.05) is 14.2 Å². The summed E-state index contributed by atoms with van der Waals surface area (Å²) in [4.78, 5) is 12.2. The molecule has 0 heterocycles. The number of nitrogens with one attached hydrogen (secondary N) is 1. The molecule has 0 spiro atoms. The second kappa shape index (κ2) is 4.88. The zero-order valence-corrected chi connectivity index (χ0v) is 10.5. The van der Waals surface area contributed by atoms with E-state index in [2.05, 4.69) is 5.32 Å². The van der Waals surface area contributed by atoms with Crippen molar-refractivity contribution >= 4 is 5.78 Å². The maximum Gasteiger partial charge on any atom is 0.157 e. The molecule has 0 aromatic heterocycles. The summed E-state index contributed by atoms with van der Waals surface area (Å²) in [7, 11) is 3.51. The Morgan fingerprint density at radius 1 is 1.35 bits per heavy atom. The third-order valence-corrected chi connectivity index (χ3v) is 3.67. The van der Waals surface area contributed by atoms with E-state index >= 15 is 0 Å². The molecule has 0 aliphatic heterocycles. The molecule has 1 aliphatic rings. The van der Waals surface area contributed by atoms with Crippen LogP contribution in [0.3, 0.4) is 0 Å². The van der Waals surface area contributed by atoms with Gasteiger partial charge in [-0.1, -0.05) is 18.6 Å². The fourth-order valence-corrected chi connectivity index (χ4v) is 2.63. The summed E-state index contributed by atoms with van der Waals surface area (Å²) < 4.78 is 5.23. The van der Waals surface area contributed by atoms with E-state index in [1.165, 1.54) is 0 Å². The molecular formula is C14H19NO2. The van der Waals surface area contributed by atoms with E-state index in [9.17, 15) is 4.79 Å². The Morgan fingerprint density at radius 2 is 2.18 bits per heavy atom. The zero-order chi connectivity index (χ0) is 12.3. The summed E-state index contributed by atoms with van der Waals surface area (Å²) >= 11 is 0. The normalized spacial score (nSPS) is 24.7. The summed E-state index contributed by atoms with van der Waals surface area (Å²) in [5, 5.41) is 3.23. The molecule has 1 aliphatic carbocycles. The summed E-state index contributed by atoms with van der Waals surface area (Å²) in [5.74, 6) is 1.09. The van der Waals surface area contributed by atoms with Crippen LogP contribution in [0.4, 0.5) is 0 Å². The van der Waals surface area contributed by atoms with E-state index in [0.29, 0.717) is 12.2 Å². The molecule has 92 valence electrons. The van der Waals surface area contributed by atoms with Crippen molar-refractivity contribution in [3.05, 3.63) is 29.8 Å². The van der Waals surface area contributed by atoms with Crippen LogP contribution in [0.25, 0.3) is 0 Å². The highest BCUT2D eigenvalue weighted by Crippen LogP contribution is 2.35. The molecule has 0 saturated heterocycles. The fourth-order valence-electron chi connectivity index (χ4n) is 2.63. The number of likely N-dealkylation sites (N-methyl/N-ethyl adjacent to an activating group) is 1. The summed E-state index contributed by atoms with van der Waals surface area (Å²) in [6.45, 7) is 0. The van der Waals surface area contributed by atoms with E-state index < -0.39 is 5.54 Å². The maximum atomic E-state index is 12.2. The Kier molecular flexibility index (Phi) is 3.48. The van der Waals surface area contributed by atoms with Crippen LogP contribution in [0.1, 0.15) is 31.2 Å². The standard InChI is InChI=1S/C14H19NO2/c1-15-14(9-4-3-8-13(14)16)11-6-5-7-12(10-11)17-2/h5-7,10,15H,3-4,8-9H2,1-2H3/t14-/m0/s1. The lowest BCUT2D eigenvalue weighted by Crippen LogP contribution is -2.49. The Labute approximate surface area is 102 Å². The van der Waals surface area contributed by atoms with Crippen molar-refractivity contribution in [1.29, 1.82) is 0 Å². The molecule has 2 rings (SSSR count). The van der Waals surface area contributed by atoms with Crippen LogP contribution in [0.5, 0.6) is 5.75 Å². The van der Waals surface area contributed by atoms with E-state index in [-0.39, 0.29) is 0 Å². The third kappa shape index (κ3) is 2.07. The van der Waals surface area contributed by atoms with Crippen LogP contribution < -0.4 is 10.1 Å². The average Bonchev–Trinajstić information content (AvgIpc) is 2.40. The highest BCUT2D eigenvalue weighted by atomic mass is 16.5. The van der Waals surface area contributed by atoms with Crippen molar-refractivity contribution in [1.82, 2.24) is 5.32 Å². The highest BCUT2D eigenvalue weighted by molar-refractivity contribution is 5.90. The van der Waals surface area contributed by atoms with Gasteiger partial charge < -0.3 is 10.1 Å². The Bertz CT molecular complexity index is 416. The molecule has 1 aromatic rings. The van der Waals surface area contributed by atoms with Gasteiger partial charge in [0.05, 0.1) is 7.11 Å². The molecule has 0 radical (unpaired) electrons. The van der Waals surface area contributed by atoms with Crippen LogP contribution >= 0.6 is 0 Å². The van der Waals surface area contributed by atoms with Gasteiger partial charge in [0.1, 0.15) is 11.3 Å². The van der Waals surface area contributed by atoms with Crippen LogP contribution in [-0.2, 0) is 10.3 Å². The molecule has 1 saturated carbocycles. The second-order valence-corrected chi connectivity index (χ2v) is 4.52. The van der Waals surface area contributed by atoms with Crippen molar-refractivity contribution in [3.8, 4) is 5.75 Å². The predicted molar refractivity (Wildman–Crippen MR) is 67.2 cm³/mol. The van der Waals surface area contributed by atoms with Crippen molar-refractivity contribution < 1.29 is 9.53 Å². The summed E-state index contributed by atoms with van der Waals surface area (Å²) in [5.41, 5.74) is 0.510. The number of ether oxygens (including phenoxy) is 1. The maximum absolute atomic E-state index is 12.2. The Balaban J connectivity index is 2.42. The van der Waals surface area contributed by atoms with Gasteiger partial charge in [-0.2, -0.15) is 0 Å². The minimum atomic E-state index is -0.507. The molecule has 1 fully saturated rings. The van der Waals surface area contributed by atoms with Gasteiger partial charge in [-0.25, -0.2) is 0 Å². The predicted octanol–water partition coefficient (Wildman–Crippen LogP) is 2.25. The molecule has 0 unspecified atom stereocenters. The van der Waals surface area contributed by atoms with E-state index in [0.717, 1.165) is 30.6 Å². The number of methoxy groups -OCH3 is 1. The van der Waals surface area contributed by atoms with E-state index in [4.69, 9.17) is 4.74 Å². The molecular weight excluding hydrogens is 214 g/mol. The lowest BCUT2D eigenvalue weighted by Gasteiger charge is -2.36. The van der Waals surface area contributed by atoms with Gasteiger partial charge in [-0.15, -0.1) is 0 Å². The smallest absolute Gasteiger partial charge is 0.157 e. The van der Waals surface area contributed by atoms with Crippen LogP contribution in [-0.4, -0.2) is 19.9 Å². The lowest BCUT2D eigenvalue weighted by molar-refractivity contribution is -0.127. The average molecular weight is 233 g/mol. The number of carbonyl (C=O) groups is 1. The van der Waals surface area contributed by atoms with Gasteiger partial charge in [0.2, 0.25) is 0 Å². The minimum Gasteiger partial charge on any atom is -0.497 e. The molecule has 1 N–H and O–H groups in total. The molecule has 0 amide bonds. The molecule has 1 aromatic carbocycles. The van der Waals surface area contributed by atoms with Crippen LogP contribution in [0, 0.1) is 0 Å². The van der Waals surface area contributed by atoms with Crippen LogP contribution in [0.2, 0.25) is 0 Å². The van der Waals surface area contributed by atoms with Crippen LogP contribution in [0.15, 0.2) is 24.3 Å². The number of carbonyl (C=O) groups excluding carboxylic acids is 1. The number of Topliss-reactive ketones (excluding diaryl/α,β-unsaturated/α-hetero) is 1. The molecule has 3 nitrogen and oxygen atoms in total. The van der Waals surface area contributed by atoms with Crippen molar-refractivity contribution in [2.24, 2.45) is 0 Å². The SMILES string of the molecule is CN[C@]1(c2cccc(OC)c2)CCCCC1=O. The lowest BCUT2D eigenvalue weighted by atomic mass is 9.75. The summed E-state index contributed by atoms with van der Waals surface area (Å²) in [6, 6.07) is 7.80. The van der Waals surface area contributed by atoms with Gasteiger partial charge in [-0.05, 0) is 37.6 Å². The number of rotatable bonds is 3. The van der Waals surface area contributed by atoms with Gasteiger partial charge in [-0.3, -0.25) is 4.79 Å². The first-order chi connectivity index (χ1) is 8.23. The number of benzene rings is 1. The molecule has 17 heavy (non-hydrogen) atoms. The second-order valence-electron chi connectivity index (χ2n) is 4.52. The quantitative estimate of drug-likeness (QED) is 0.870. The largest absolute Gasteiger partial charge is 0.497 e. The summed E-state index contributed by atoms with van der Waals surface area (Å²) in [6.07, 6.45) is 3.63. The van der Waals surface area contributed by atoms with E-state index in [1.807, 2.05) is 31.3 Å². The fraction of sp³-hybridized carbons (Fsp3) is 0.500. The number of hydrogen-bond acceptors (Lipinski definition) is 3. The van der Waals surface area contributed by atoms with E-state index in [1.54, 1.807) is 7.11 Å². The highest BCUT2D eigenvalue weighted by Gasteiger charge is 2.39. The van der Waals surface area contributed by atoms with Gasteiger partial charge in [0.15, 0.2) is 5.78 Å². The third-order valence-electron chi connectivity index (χ3n) is 3.67. The number of hydrogen-bond donors (Lipinski definition) is 1. The molecule has 0 bridgehead atoms. The van der Waals surface area contributed by atoms with Gasteiger partial charge in [0, 0.05) is 6.42 Å². The monoisotopic (exact) mass is 233 g/mol. The molecule has 3 heteroatoms. The Morgan fingerprint density at radius 3 is 2.82 bits per heavy atom. The molecule has 1 atom stereocenters. The Hall–Kier alpha value is -1.35. The van der Waals surface area contributed by atoms with Gasteiger partial charge in [0.25, 0.3) is 0 Å². The topological polar surface area (TPSA) is 38.3 Å². The van der Waals surface area contributed by atoms with Gasteiger partial charge >= 0.3 is 0 Å². The van der Waals surface area contributed by atoms with Crippen molar-refractivity contribution in [3.63, 3.8) is 0 Å². The zero-order valence-electron chi connectivity index (χ0n) is 10.5. The first kappa shape index (κ1) is 12.1.